The van der Waals surface area contributed by atoms with Crippen molar-refractivity contribution in [1.82, 2.24) is 5.32 Å². The topological polar surface area (TPSA) is 66.4 Å². The molecule has 1 fully saturated rings. The lowest BCUT2D eigenvalue weighted by Crippen LogP contribution is -2.18. The first-order valence-electron chi connectivity index (χ1n) is 7.34. The number of carbonyl (C=O) groups excluding carboxylic acids is 1. The predicted molar refractivity (Wildman–Crippen MR) is 84.1 cm³/mol. The van der Waals surface area contributed by atoms with Gasteiger partial charge in [-0.1, -0.05) is 36.4 Å². The maximum absolute atomic E-state index is 12.7. The molecule has 0 bridgehead atoms. The van der Waals surface area contributed by atoms with Crippen molar-refractivity contribution in [3.05, 3.63) is 59.7 Å². The minimum absolute atomic E-state index is 0.00352. The molecular formula is C18H17NO3. The van der Waals surface area contributed by atoms with Gasteiger partial charge < -0.3 is 10.4 Å². The molecule has 1 atom stereocenters. The average molecular weight is 295 g/mol. The van der Waals surface area contributed by atoms with Gasteiger partial charge in [0.25, 0.3) is 0 Å². The van der Waals surface area contributed by atoms with Crippen LogP contribution in [-0.4, -0.2) is 29.9 Å². The highest BCUT2D eigenvalue weighted by Crippen LogP contribution is 2.27. The van der Waals surface area contributed by atoms with Crippen molar-refractivity contribution in [2.75, 3.05) is 13.1 Å². The van der Waals surface area contributed by atoms with Crippen LogP contribution in [0.4, 0.5) is 0 Å². The molecule has 22 heavy (non-hydrogen) atoms. The highest BCUT2D eigenvalue weighted by atomic mass is 16.4. The molecule has 0 saturated carbocycles. The Labute approximate surface area is 128 Å². The standard InChI is InChI=1S/C18H17NO3/c20-17(14-8-9-19-11-14)16-7-2-1-6-15(16)12-4-3-5-13(10-12)18(21)22/h1-7,10,14,19H,8-9,11H2,(H,21,22). The summed E-state index contributed by atoms with van der Waals surface area (Å²) in [5, 5.41) is 12.3. The van der Waals surface area contributed by atoms with Gasteiger partial charge in [-0.3, -0.25) is 4.79 Å². The van der Waals surface area contributed by atoms with Crippen molar-refractivity contribution < 1.29 is 14.7 Å². The van der Waals surface area contributed by atoms with E-state index in [0.29, 0.717) is 12.1 Å². The number of rotatable bonds is 4. The SMILES string of the molecule is O=C(O)c1cccc(-c2ccccc2C(=O)C2CCNC2)c1. The van der Waals surface area contributed by atoms with E-state index in [-0.39, 0.29) is 17.3 Å². The summed E-state index contributed by atoms with van der Waals surface area (Å²) < 4.78 is 0. The number of nitrogens with one attached hydrogen (secondary N) is 1. The summed E-state index contributed by atoms with van der Waals surface area (Å²) in [5.74, 6) is -0.837. The van der Waals surface area contributed by atoms with E-state index in [4.69, 9.17) is 5.11 Å². The number of carboxylic acids is 1. The van der Waals surface area contributed by atoms with Gasteiger partial charge in [0.15, 0.2) is 5.78 Å². The molecule has 0 aromatic heterocycles. The number of carboxylic acid groups (broad SMARTS) is 1. The lowest BCUT2D eigenvalue weighted by Gasteiger charge is -2.13. The zero-order valence-electron chi connectivity index (χ0n) is 12.1. The van der Waals surface area contributed by atoms with E-state index in [2.05, 4.69) is 5.32 Å². The Morgan fingerprint density at radius 3 is 2.64 bits per heavy atom. The van der Waals surface area contributed by atoms with E-state index in [0.717, 1.165) is 24.1 Å². The van der Waals surface area contributed by atoms with E-state index in [1.165, 1.54) is 0 Å². The highest BCUT2D eigenvalue weighted by Gasteiger charge is 2.25. The van der Waals surface area contributed by atoms with Gasteiger partial charge in [-0.15, -0.1) is 0 Å². The molecule has 2 aromatic carbocycles. The fourth-order valence-electron chi connectivity index (χ4n) is 2.87. The van der Waals surface area contributed by atoms with E-state index < -0.39 is 5.97 Å². The highest BCUT2D eigenvalue weighted by molar-refractivity contribution is 6.04. The first-order chi connectivity index (χ1) is 10.7. The monoisotopic (exact) mass is 295 g/mol. The summed E-state index contributed by atoms with van der Waals surface area (Å²) in [5.41, 5.74) is 2.44. The molecule has 0 spiro atoms. The van der Waals surface area contributed by atoms with Crippen LogP contribution in [0.25, 0.3) is 11.1 Å². The summed E-state index contributed by atoms with van der Waals surface area (Å²) in [7, 11) is 0. The number of hydrogen-bond donors (Lipinski definition) is 2. The fourth-order valence-corrected chi connectivity index (χ4v) is 2.87. The number of ketones is 1. The van der Waals surface area contributed by atoms with Crippen LogP contribution in [0.15, 0.2) is 48.5 Å². The smallest absolute Gasteiger partial charge is 0.335 e. The van der Waals surface area contributed by atoms with Crippen LogP contribution in [0.1, 0.15) is 27.1 Å². The molecule has 0 radical (unpaired) electrons. The second-order valence-electron chi connectivity index (χ2n) is 5.49. The van der Waals surface area contributed by atoms with E-state index in [9.17, 15) is 9.59 Å². The molecule has 4 nitrogen and oxygen atoms in total. The van der Waals surface area contributed by atoms with Gasteiger partial charge >= 0.3 is 5.97 Å². The molecular weight excluding hydrogens is 278 g/mol. The first-order valence-corrected chi connectivity index (χ1v) is 7.34. The minimum Gasteiger partial charge on any atom is -0.478 e. The second kappa shape index (κ2) is 6.12. The lowest BCUT2D eigenvalue weighted by atomic mass is 9.90. The Balaban J connectivity index is 2.02. The number of Topliss-reactive ketones (excluding diaryl/α,β-unsaturated/α-hetero) is 1. The van der Waals surface area contributed by atoms with Crippen molar-refractivity contribution in [3.8, 4) is 11.1 Å². The molecule has 4 heteroatoms. The zero-order chi connectivity index (χ0) is 15.5. The minimum atomic E-state index is -0.967. The predicted octanol–water partition coefficient (Wildman–Crippen LogP) is 2.84. The van der Waals surface area contributed by atoms with Gasteiger partial charge in [0, 0.05) is 18.0 Å². The van der Waals surface area contributed by atoms with Gasteiger partial charge in [-0.25, -0.2) is 4.79 Å². The quantitative estimate of drug-likeness (QED) is 0.851. The van der Waals surface area contributed by atoms with Gasteiger partial charge in [-0.05, 0) is 36.2 Å². The maximum Gasteiger partial charge on any atom is 0.335 e. The molecule has 0 amide bonds. The van der Waals surface area contributed by atoms with Crippen molar-refractivity contribution in [2.45, 2.75) is 6.42 Å². The van der Waals surface area contributed by atoms with Gasteiger partial charge in [0.1, 0.15) is 0 Å². The van der Waals surface area contributed by atoms with E-state index >= 15 is 0 Å². The zero-order valence-corrected chi connectivity index (χ0v) is 12.1. The molecule has 3 rings (SSSR count). The van der Waals surface area contributed by atoms with Crippen molar-refractivity contribution in [1.29, 1.82) is 0 Å². The summed E-state index contributed by atoms with van der Waals surface area (Å²) in [6.45, 7) is 1.58. The molecule has 1 unspecified atom stereocenters. The number of aromatic carboxylic acids is 1. The molecule has 2 N–H and O–H groups in total. The Morgan fingerprint density at radius 2 is 1.91 bits per heavy atom. The lowest BCUT2D eigenvalue weighted by molar-refractivity contribution is 0.0696. The van der Waals surface area contributed by atoms with Crippen molar-refractivity contribution >= 4 is 11.8 Å². The summed E-state index contributed by atoms with van der Waals surface area (Å²) in [6, 6.07) is 14.1. The van der Waals surface area contributed by atoms with Crippen LogP contribution >= 0.6 is 0 Å². The Morgan fingerprint density at radius 1 is 1.09 bits per heavy atom. The van der Waals surface area contributed by atoms with Gasteiger partial charge in [-0.2, -0.15) is 0 Å². The number of carbonyl (C=O) groups is 2. The Kier molecular flexibility index (Phi) is 4.02. The second-order valence-corrected chi connectivity index (χ2v) is 5.49. The normalized spacial score (nSPS) is 17.4. The Hall–Kier alpha value is -2.46. The number of benzene rings is 2. The molecule has 112 valence electrons. The summed E-state index contributed by atoms with van der Waals surface area (Å²) >= 11 is 0. The largest absolute Gasteiger partial charge is 0.478 e. The van der Waals surface area contributed by atoms with Crippen LogP contribution in [-0.2, 0) is 0 Å². The van der Waals surface area contributed by atoms with Gasteiger partial charge in [0.05, 0.1) is 5.56 Å². The Bertz CT molecular complexity index is 718. The first kappa shape index (κ1) is 14.5. The molecule has 1 saturated heterocycles. The van der Waals surface area contributed by atoms with E-state index in [1.807, 2.05) is 30.3 Å². The molecule has 1 aliphatic rings. The fraction of sp³-hybridized carbons (Fsp3) is 0.222. The number of hydrogen-bond acceptors (Lipinski definition) is 3. The summed E-state index contributed by atoms with van der Waals surface area (Å²) in [6.07, 6.45) is 0.850. The molecule has 2 aromatic rings. The molecule has 1 aliphatic heterocycles. The molecule has 1 heterocycles. The van der Waals surface area contributed by atoms with Crippen molar-refractivity contribution in [3.63, 3.8) is 0 Å². The van der Waals surface area contributed by atoms with E-state index in [1.54, 1.807) is 18.2 Å². The summed E-state index contributed by atoms with van der Waals surface area (Å²) in [4.78, 5) is 23.8. The van der Waals surface area contributed by atoms with Crippen LogP contribution in [0.5, 0.6) is 0 Å². The van der Waals surface area contributed by atoms with Crippen LogP contribution in [0, 0.1) is 5.92 Å². The maximum atomic E-state index is 12.7. The third kappa shape index (κ3) is 2.78. The average Bonchev–Trinajstić information content (AvgIpc) is 3.09. The third-order valence-electron chi connectivity index (χ3n) is 4.04. The third-order valence-corrected chi connectivity index (χ3v) is 4.04. The van der Waals surface area contributed by atoms with Crippen LogP contribution in [0.3, 0.4) is 0 Å². The van der Waals surface area contributed by atoms with Crippen molar-refractivity contribution in [2.24, 2.45) is 5.92 Å². The van der Waals surface area contributed by atoms with Crippen LogP contribution < -0.4 is 5.32 Å². The van der Waals surface area contributed by atoms with Gasteiger partial charge in [0.2, 0.25) is 0 Å². The van der Waals surface area contributed by atoms with Crippen LogP contribution in [0.2, 0.25) is 0 Å². The molecule has 0 aliphatic carbocycles.